The van der Waals surface area contributed by atoms with Crippen LogP contribution in [0.2, 0.25) is 0 Å². The number of aromatic nitrogens is 2. The molecule has 1 saturated heterocycles. The van der Waals surface area contributed by atoms with Gasteiger partial charge in [0.15, 0.2) is 0 Å². The number of piperazine rings is 1. The molecule has 0 atom stereocenters. The molecule has 0 spiro atoms. The van der Waals surface area contributed by atoms with Crippen LogP contribution in [0.3, 0.4) is 0 Å². The maximum Gasteiger partial charge on any atom is 0.137 e. The molecule has 0 aromatic carbocycles. The van der Waals surface area contributed by atoms with Crippen LogP contribution in [-0.4, -0.2) is 47.0 Å². The second-order valence-corrected chi connectivity index (χ2v) is 5.22. The van der Waals surface area contributed by atoms with Crippen molar-refractivity contribution in [2.75, 3.05) is 37.6 Å². The zero-order valence-electron chi connectivity index (χ0n) is 14.1. The van der Waals surface area contributed by atoms with Gasteiger partial charge >= 0.3 is 0 Å². The van der Waals surface area contributed by atoms with E-state index in [1.165, 1.54) is 11.3 Å². The predicted molar refractivity (Wildman–Crippen MR) is 93.4 cm³/mol. The standard InChI is InChI=1S/C16H20N4.C2H6/c1-3-4-6-18-8-10-19(11-9-18)15-13-20-7-5-17-16(20)12-14(15)2;1-2/h5,7,12-13H,6,8-11H2,1-2H3;1-2H3. The van der Waals surface area contributed by atoms with Crippen LogP contribution in [0.25, 0.3) is 5.65 Å². The van der Waals surface area contributed by atoms with Crippen molar-refractivity contribution < 1.29 is 0 Å². The van der Waals surface area contributed by atoms with E-state index < -0.39 is 0 Å². The number of nitrogens with zero attached hydrogens (tertiary/aromatic N) is 4. The van der Waals surface area contributed by atoms with E-state index in [4.69, 9.17) is 0 Å². The number of fused-ring (bicyclic) bond motifs is 1. The van der Waals surface area contributed by atoms with Gasteiger partial charge in [-0.15, -0.1) is 5.92 Å². The summed E-state index contributed by atoms with van der Waals surface area (Å²) >= 11 is 0. The Bertz CT molecular complexity index is 655. The highest BCUT2D eigenvalue weighted by atomic mass is 15.3. The molecule has 1 aliphatic rings. The van der Waals surface area contributed by atoms with Crippen LogP contribution in [0.1, 0.15) is 26.3 Å². The summed E-state index contributed by atoms with van der Waals surface area (Å²) in [5, 5.41) is 0. The number of hydrogen-bond donors (Lipinski definition) is 0. The summed E-state index contributed by atoms with van der Waals surface area (Å²) in [5.74, 6) is 6.12. The molecule has 0 amide bonds. The zero-order chi connectivity index (χ0) is 15.9. The van der Waals surface area contributed by atoms with Gasteiger partial charge in [0.1, 0.15) is 5.65 Å². The van der Waals surface area contributed by atoms with Crippen molar-refractivity contribution >= 4 is 11.3 Å². The van der Waals surface area contributed by atoms with Crippen molar-refractivity contribution in [3.8, 4) is 11.8 Å². The van der Waals surface area contributed by atoms with Crippen molar-refractivity contribution in [2.24, 2.45) is 0 Å². The second kappa shape index (κ2) is 7.86. The third kappa shape index (κ3) is 3.61. The fourth-order valence-electron chi connectivity index (χ4n) is 2.72. The Morgan fingerprint density at radius 1 is 1.18 bits per heavy atom. The highest BCUT2D eigenvalue weighted by Crippen LogP contribution is 2.22. The van der Waals surface area contributed by atoms with E-state index in [-0.39, 0.29) is 0 Å². The van der Waals surface area contributed by atoms with Gasteiger partial charge in [-0.1, -0.05) is 19.8 Å². The number of rotatable bonds is 2. The number of aryl methyl sites for hydroxylation is 1. The molecule has 0 radical (unpaired) electrons. The molecule has 4 nitrogen and oxygen atoms in total. The number of imidazole rings is 1. The van der Waals surface area contributed by atoms with Gasteiger partial charge in [-0.2, -0.15) is 0 Å². The first-order valence-electron chi connectivity index (χ1n) is 8.08. The first-order chi connectivity index (χ1) is 10.8. The molecule has 0 bridgehead atoms. The smallest absolute Gasteiger partial charge is 0.137 e. The summed E-state index contributed by atoms with van der Waals surface area (Å²) in [5.41, 5.74) is 3.63. The first kappa shape index (κ1) is 16.4. The van der Waals surface area contributed by atoms with Crippen LogP contribution in [-0.2, 0) is 0 Å². The Labute approximate surface area is 133 Å². The van der Waals surface area contributed by atoms with Gasteiger partial charge < -0.3 is 9.30 Å². The molecule has 22 heavy (non-hydrogen) atoms. The minimum atomic E-state index is 0.893. The lowest BCUT2D eigenvalue weighted by Crippen LogP contribution is -2.46. The molecule has 0 N–H and O–H groups in total. The van der Waals surface area contributed by atoms with Crippen molar-refractivity contribution in [1.82, 2.24) is 14.3 Å². The van der Waals surface area contributed by atoms with Gasteiger partial charge in [-0.05, 0) is 25.5 Å². The van der Waals surface area contributed by atoms with E-state index >= 15 is 0 Å². The van der Waals surface area contributed by atoms with E-state index in [1.54, 1.807) is 0 Å². The molecule has 4 heteroatoms. The maximum absolute atomic E-state index is 4.33. The summed E-state index contributed by atoms with van der Waals surface area (Å²) < 4.78 is 2.09. The van der Waals surface area contributed by atoms with Crippen LogP contribution in [0.5, 0.6) is 0 Å². The van der Waals surface area contributed by atoms with Crippen LogP contribution in [0, 0.1) is 18.8 Å². The van der Waals surface area contributed by atoms with Gasteiger partial charge in [0, 0.05) is 44.8 Å². The monoisotopic (exact) mass is 298 g/mol. The summed E-state index contributed by atoms with van der Waals surface area (Å²) in [6, 6.07) is 2.16. The molecule has 2 aromatic heterocycles. The van der Waals surface area contributed by atoms with Crippen molar-refractivity contribution in [3.63, 3.8) is 0 Å². The van der Waals surface area contributed by atoms with Crippen molar-refractivity contribution in [2.45, 2.75) is 27.7 Å². The molecule has 0 unspecified atom stereocenters. The van der Waals surface area contributed by atoms with Gasteiger partial charge in [0.05, 0.1) is 12.2 Å². The Balaban J connectivity index is 0.000000847. The third-order valence-corrected chi connectivity index (χ3v) is 3.90. The third-order valence-electron chi connectivity index (χ3n) is 3.90. The van der Waals surface area contributed by atoms with Crippen LogP contribution in [0.15, 0.2) is 24.7 Å². The Morgan fingerprint density at radius 3 is 2.59 bits per heavy atom. The summed E-state index contributed by atoms with van der Waals surface area (Å²) in [7, 11) is 0. The number of anilines is 1. The van der Waals surface area contributed by atoms with E-state index in [0.29, 0.717) is 0 Å². The second-order valence-electron chi connectivity index (χ2n) is 5.22. The molecule has 2 aromatic rings. The van der Waals surface area contributed by atoms with Crippen LogP contribution < -0.4 is 4.90 Å². The lowest BCUT2D eigenvalue weighted by molar-refractivity contribution is 0.288. The Morgan fingerprint density at radius 2 is 1.91 bits per heavy atom. The quantitative estimate of drug-likeness (QED) is 0.797. The fraction of sp³-hybridized carbons (Fsp3) is 0.500. The Kier molecular flexibility index (Phi) is 5.85. The van der Waals surface area contributed by atoms with Gasteiger partial charge in [-0.3, -0.25) is 4.90 Å². The minimum absolute atomic E-state index is 0.893. The van der Waals surface area contributed by atoms with Gasteiger partial charge in [0.2, 0.25) is 0 Å². The van der Waals surface area contributed by atoms with Crippen LogP contribution in [0.4, 0.5) is 5.69 Å². The fourth-order valence-corrected chi connectivity index (χ4v) is 2.72. The normalized spacial score (nSPS) is 15.0. The van der Waals surface area contributed by atoms with E-state index in [0.717, 1.165) is 38.4 Å². The Hall–Kier alpha value is -1.99. The van der Waals surface area contributed by atoms with E-state index in [2.05, 4.69) is 50.2 Å². The average molecular weight is 298 g/mol. The summed E-state index contributed by atoms with van der Waals surface area (Å²) in [6.07, 6.45) is 6.05. The van der Waals surface area contributed by atoms with Gasteiger partial charge in [-0.25, -0.2) is 4.98 Å². The average Bonchev–Trinajstić information content (AvgIpc) is 3.02. The zero-order valence-corrected chi connectivity index (χ0v) is 14.1. The van der Waals surface area contributed by atoms with Gasteiger partial charge in [0.25, 0.3) is 0 Å². The molecule has 0 aliphatic carbocycles. The molecule has 3 heterocycles. The molecule has 1 fully saturated rings. The van der Waals surface area contributed by atoms with Crippen LogP contribution >= 0.6 is 0 Å². The SMILES string of the molecule is CC.CC#CCN1CCN(c2cn3ccnc3cc2C)CC1. The number of pyridine rings is 1. The summed E-state index contributed by atoms with van der Waals surface area (Å²) in [6.45, 7) is 13.2. The van der Waals surface area contributed by atoms with E-state index in [9.17, 15) is 0 Å². The molecule has 1 aliphatic heterocycles. The first-order valence-corrected chi connectivity index (χ1v) is 8.08. The molecular weight excluding hydrogens is 272 g/mol. The highest BCUT2D eigenvalue weighted by molar-refractivity contribution is 5.58. The summed E-state index contributed by atoms with van der Waals surface area (Å²) in [4.78, 5) is 9.21. The minimum Gasteiger partial charge on any atom is -0.368 e. The number of hydrogen-bond acceptors (Lipinski definition) is 3. The van der Waals surface area contributed by atoms with Crippen molar-refractivity contribution in [3.05, 3.63) is 30.2 Å². The molecule has 118 valence electrons. The molecular formula is C18H26N4. The maximum atomic E-state index is 4.33. The highest BCUT2D eigenvalue weighted by Gasteiger charge is 2.18. The lowest BCUT2D eigenvalue weighted by atomic mass is 10.2. The largest absolute Gasteiger partial charge is 0.368 e. The van der Waals surface area contributed by atoms with E-state index in [1.807, 2.05) is 33.2 Å². The van der Waals surface area contributed by atoms with Crippen molar-refractivity contribution in [1.29, 1.82) is 0 Å². The topological polar surface area (TPSA) is 23.8 Å². The molecule has 0 saturated carbocycles. The molecule has 3 rings (SSSR count). The lowest BCUT2D eigenvalue weighted by Gasteiger charge is -2.35. The predicted octanol–water partition coefficient (Wildman–Crippen LogP) is 2.81.